The van der Waals surface area contributed by atoms with E-state index in [1.165, 1.54) is 16.7 Å². The van der Waals surface area contributed by atoms with Crippen LogP contribution in [0.15, 0.2) is 18.2 Å². The van der Waals surface area contributed by atoms with Gasteiger partial charge in [0, 0.05) is 0 Å². The van der Waals surface area contributed by atoms with Crippen molar-refractivity contribution < 1.29 is 0 Å². The van der Waals surface area contributed by atoms with Crippen molar-refractivity contribution in [2.75, 3.05) is 0 Å². The minimum Gasteiger partial charge on any atom is -0.0613 e. The number of hydrogen-bond acceptors (Lipinski definition) is 0. The van der Waals surface area contributed by atoms with Crippen molar-refractivity contribution >= 4 is 0 Å². The van der Waals surface area contributed by atoms with Crippen molar-refractivity contribution in [3.63, 3.8) is 0 Å². The second kappa shape index (κ2) is 5.06. The van der Waals surface area contributed by atoms with Gasteiger partial charge in [0.05, 0.1) is 0 Å². The van der Waals surface area contributed by atoms with E-state index in [1.54, 1.807) is 0 Å². The zero-order chi connectivity index (χ0) is 9.68. The molecule has 1 aromatic rings. The Morgan fingerprint density at radius 3 is 2.38 bits per heavy atom. The van der Waals surface area contributed by atoms with Crippen molar-refractivity contribution in [2.45, 2.75) is 39.5 Å². The quantitative estimate of drug-likeness (QED) is 0.656. The molecule has 0 saturated carbocycles. The van der Waals surface area contributed by atoms with Crippen molar-refractivity contribution in [2.24, 2.45) is 0 Å². The first kappa shape index (κ1) is 10.3. The van der Waals surface area contributed by atoms with E-state index in [-0.39, 0.29) is 0 Å². The molecule has 0 heteroatoms. The standard InChI is InChI=1S/C13H19/c1-4-7-13-9-8-11(5-2)10-12(13)6-3/h8-10H,1,4-7H2,2-3H3. The minimum absolute atomic E-state index is 0.998. The van der Waals surface area contributed by atoms with Gasteiger partial charge in [0.1, 0.15) is 0 Å². The monoisotopic (exact) mass is 175 g/mol. The van der Waals surface area contributed by atoms with E-state index in [9.17, 15) is 0 Å². The van der Waals surface area contributed by atoms with E-state index in [0.717, 1.165) is 25.7 Å². The Hall–Kier alpha value is -0.780. The van der Waals surface area contributed by atoms with E-state index < -0.39 is 0 Å². The minimum atomic E-state index is 0.998. The molecule has 0 unspecified atom stereocenters. The number of benzene rings is 1. The third kappa shape index (κ3) is 2.58. The maximum atomic E-state index is 3.90. The average Bonchev–Trinajstić information content (AvgIpc) is 2.19. The molecule has 0 N–H and O–H groups in total. The molecule has 71 valence electrons. The summed E-state index contributed by atoms with van der Waals surface area (Å²) in [6.07, 6.45) is 4.40. The van der Waals surface area contributed by atoms with Crippen LogP contribution in [0.2, 0.25) is 0 Å². The highest BCUT2D eigenvalue weighted by Crippen LogP contribution is 2.15. The van der Waals surface area contributed by atoms with Gasteiger partial charge in [-0.1, -0.05) is 39.0 Å². The van der Waals surface area contributed by atoms with Gasteiger partial charge in [-0.25, -0.2) is 0 Å². The Morgan fingerprint density at radius 2 is 1.85 bits per heavy atom. The van der Waals surface area contributed by atoms with Gasteiger partial charge >= 0.3 is 0 Å². The van der Waals surface area contributed by atoms with Gasteiger partial charge < -0.3 is 0 Å². The van der Waals surface area contributed by atoms with Crippen molar-refractivity contribution in [1.82, 2.24) is 0 Å². The normalized spacial score (nSPS) is 10.4. The number of aryl methyl sites for hydroxylation is 3. The summed E-state index contributed by atoms with van der Waals surface area (Å²) >= 11 is 0. The molecule has 0 saturated heterocycles. The zero-order valence-electron chi connectivity index (χ0n) is 8.77. The van der Waals surface area contributed by atoms with Gasteiger partial charge in [-0.15, -0.1) is 0 Å². The van der Waals surface area contributed by atoms with Crippen LogP contribution >= 0.6 is 0 Å². The van der Waals surface area contributed by atoms with Crippen molar-refractivity contribution in [1.29, 1.82) is 0 Å². The molecular weight excluding hydrogens is 156 g/mol. The van der Waals surface area contributed by atoms with Crippen LogP contribution in [-0.4, -0.2) is 0 Å². The molecule has 0 atom stereocenters. The summed E-state index contributed by atoms with van der Waals surface area (Å²) in [6.45, 7) is 8.33. The number of rotatable bonds is 4. The van der Waals surface area contributed by atoms with E-state index in [4.69, 9.17) is 0 Å². The Bertz CT molecular complexity index is 261. The van der Waals surface area contributed by atoms with Crippen molar-refractivity contribution in [3.05, 3.63) is 41.8 Å². The summed E-state index contributed by atoms with van der Waals surface area (Å²) in [6, 6.07) is 6.85. The molecule has 0 bridgehead atoms. The molecule has 0 amide bonds. The fourth-order valence-electron chi connectivity index (χ4n) is 1.66. The van der Waals surface area contributed by atoms with E-state index in [1.807, 2.05) is 0 Å². The molecule has 1 aromatic carbocycles. The highest BCUT2D eigenvalue weighted by molar-refractivity contribution is 5.32. The van der Waals surface area contributed by atoms with Crippen LogP contribution in [0.5, 0.6) is 0 Å². The largest absolute Gasteiger partial charge is 0.0613 e. The van der Waals surface area contributed by atoms with Gasteiger partial charge in [0.25, 0.3) is 0 Å². The van der Waals surface area contributed by atoms with Crippen LogP contribution in [-0.2, 0) is 19.3 Å². The van der Waals surface area contributed by atoms with Gasteiger partial charge in [0.2, 0.25) is 0 Å². The second-order valence-corrected chi connectivity index (χ2v) is 3.41. The molecule has 0 fully saturated rings. The summed E-state index contributed by atoms with van der Waals surface area (Å²) in [5, 5.41) is 0. The summed E-state index contributed by atoms with van der Waals surface area (Å²) in [7, 11) is 0. The summed E-state index contributed by atoms with van der Waals surface area (Å²) < 4.78 is 0. The Labute approximate surface area is 82.0 Å². The van der Waals surface area contributed by atoms with Crippen LogP contribution in [0.4, 0.5) is 0 Å². The molecule has 0 aliphatic rings. The predicted octanol–water partition coefficient (Wildman–Crippen LogP) is 3.58. The third-order valence-corrected chi connectivity index (χ3v) is 2.51. The molecule has 13 heavy (non-hydrogen) atoms. The van der Waals surface area contributed by atoms with Crippen LogP contribution < -0.4 is 0 Å². The van der Waals surface area contributed by atoms with Crippen LogP contribution in [0, 0.1) is 6.92 Å². The van der Waals surface area contributed by atoms with Crippen LogP contribution in [0.25, 0.3) is 0 Å². The molecular formula is C13H19. The Kier molecular flexibility index (Phi) is 4.01. The lowest BCUT2D eigenvalue weighted by molar-refractivity contribution is 0.951. The molecule has 0 nitrogen and oxygen atoms in total. The zero-order valence-corrected chi connectivity index (χ0v) is 8.77. The lowest BCUT2D eigenvalue weighted by Crippen LogP contribution is -1.94. The van der Waals surface area contributed by atoms with Crippen LogP contribution in [0.1, 0.15) is 37.0 Å². The van der Waals surface area contributed by atoms with Gasteiger partial charge in [-0.2, -0.15) is 0 Å². The molecule has 0 heterocycles. The first-order chi connectivity index (χ1) is 6.31. The van der Waals surface area contributed by atoms with Crippen molar-refractivity contribution in [3.8, 4) is 0 Å². The smallest absolute Gasteiger partial charge is 0.0276 e. The fraction of sp³-hybridized carbons (Fsp3) is 0.462. The Morgan fingerprint density at radius 1 is 1.08 bits per heavy atom. The maximum absolute atomic E-state index is 3.90. The summed E-state index contributed by atoms with van der Waals surface area (Å²) in [5.74, 6) is 0. The summed E-state index contributed by atoms with van der Waals surface area (Å²) in [5.41, 5.74) is 4.43. The van der Waals surface area contributed by atoms with Gasteiger partial charge in [0.15, 0.2) is 0 Å². The lowest BCUT2D eigenvalue weighted by atomic mass is 9.98. The molecule has 0 aromatic heterocycles. The SMILES string of the molecule is [CH2]CCc1ccc(CC)cc1CC. The third-order valence-electron chi connectivity index (χ3n) is 2.51. The molecule has 0 spiro atoms. The maximum Gasteiger partial charge on any atom is -0.0276 e. The topological polar surface area (TPSA) is 0 Å². The van der Waals surface area contributed by atoms with E-state index in [0.29, 0.717) is 0 Å². The first-order valence-electron chi connectivity index (χ1n) is 5.21. The second-order valence-electron chi connectivity index (χ2n) is 3.41. The van der Waals surface area contributed by atoms with E-state index >= 15 is 0 Å². The molecule has 0 aliphatic carbocycles. The fourth-order valence-corrected chi connectivity index (χ4v) is 1.66. The number of hydrogen-bond donors (Lipinski definition) is 0. The molecule has 1 radical (unpaired) electrons. The summed E-state index contributed by atoms with van der Waals surface area (Å²) in [4.78, 5) is 0. The molecule has 1 rings (SSSR count). The van der Waals surface area contributed by atoms with Crippen LogP contribution in [0.3, 0.4) is 0 Å². The highest BCUT2D eigenvalue weighted by Gasteiger charge is 2.00. The van der Waals surface area contributed by atoms with Gasteiger partial charge in [-0.3, -0.25) is 0 Å². The van der Waals surface area contributed by atoms with E-state index in [2.05, 4.69) is 39.0 Å². The van der Waals surface area contributed by atoms with Gasteiger partial charge in [-0.05, 0) is 42.4 Å². The average molecular weight is 175 g/mol. The lowest BCUT2D eigenvalue weighted by Gasteiger charge is -2.08. The molecule has 0 aliphatic heterocycles. The first-order valence-corrected chi connectivity index (χ1v) is 5.21. The highest BCUT2D eigenvalue weighted by atomic mass is 14.1. The predicted molar refractivity (Wildman–Crippen MR) is 58.9 cm³/mol. The Balaban J connectivity index is 2.93.